The van der Waals surface area contributed by atoms with E-state index in [9.17, 15) is 13.2 Å². The third kappa shape index (κ3) is 3.22. The lowest BCUT2D eigenvalue weighted by Crippen LogP contribution is -2.50. The van der Waals surface area contributed by atoms with Gasteiger partial charge in [0.15, 0.2) is 0 Å². The monoisotopic (exact) mass is 482 g/mol. The summed E-state index contributed by atoms with van der Waals surface area (Å²) in [5.74, 6) is 0.599. The van der Waals surface area contributed by atoms with Gasteiger partial charge < -0.3 is 14.4 Å². The maximum absolute atomic E-state index is 14.0. The summed E-state index contributed by atoms with van der Waals surface area (Å²) in [6.45, 7) is 2.77. The molecule has 2 heterocycles. The van der Waals surface area contributed by atoms with Gasteiger partial charge in [-0.2, -0.15) is 0 Å². The number of likely N-dealkylation sites (tertiary alicyclic amines) is 1. The molecular weight excluding hydrogens is 452 g/mol. The maximum atomic E-state index is 14.0. The standard InChI is InChI=1S/C26H30N2O5S/c1-4-26-15-7-17-27(25(29)33-3)24(26)23-20-8-5-6-9-21(20)28(22(23)14-16-26)34(30,31)19-12-10-18(32-2)11-13-19/h5-6,8-13,24H,4,7,14-17H2,1-3H3/t24-,26-/m1/s1. The van der Waals surface area contributed by atoms with Crippen molar-refractivity contribution in [1.29, 1.82) is 0 Å². The average molecular weight is 483 g/mol. The van der Waals surface area contributed by atoms with Crippen molar-refractivity contribution in [3.63, 3.8) is 0 Å². The molecule has 180 valence electrons. The van der Waals surface area contributed by atoms with Crippen LogP contribution in [0.15, 0.2) is 53.4 Å². The van der Waals surface area contributed by atoms with E-state index in [1.165, 1.54) is 11.1 Å². The Morgan fingerprint density at radius 1 is 1.09 bits per heavy atom. The van der Waals surface area contributed by atoms with Crippen molar-refractivity contribution >= 4 is 27.0 Å². The summed E-state index contributed by atoms with van der Waals surface area (Å²) in [6, 6.07) is 13.9. The normalized spacial score (nSPS) is 22.2. The van der Waals surface area contributed by atoms with Gasteiger partial charge in [-0.1, -0.05) is 25.1 Å². The van der Waals surface area contributed by atoms with Crippen LogP contribution in [0.25, 0.3) is 10.9 Å². The Morgan fingerprint density at radius 3 is 2.50 bits per heavy atom. The number of para-hydroxylation sites is 1. The first-order chi connectivity index (χ1) is 16.4. The molecule has 1 saturated heterocycles. The highest BCUT2D eigenvalue weighted by Crippen LogP contribution is 2.57. The van der Waals surface area contributed by atoms with Crippen LogP contribution in [0.5, 0.6) is 5.75 Å². The van der Waals surface area contributed by atoms with E-state index >= 15 is 0 Å². The fraction of sp³-hybridized carbons (Fsp3) is 0.423. The summed E-state index contributed by atoms with van der Waals surface area (Å²) in [5, 5.41) is 0.882. The molecule has 0 bridgehead atoms. The number of nitrogens with zero attached hydrogens (tertiary/aromatic N) is 2. The van der Waals surface area contributed by atoms with Gasteiger partial charge in [0.25, 0.3) is 10.0 Å². The predicted octanol–water partition coefficient (Wildman–Crippen LogP) is 5.13. The molecule has 1 amide bonds. The molecular formula is C26H30N2O5S. The highest BCUT2D eigenvalue weighted by atomic mass is 32.2. The minimum atomic E-state index is -3.87. The number of aromatic nitrogens is 1. The Bertz CT molecular complexity index is 1350. The van der Waals surface area contributed by atoms with Gasteiger partial charge in [-0.05, 0) is 67.9 Å². The zero-order valence-electron chi connectivity index (χ0n) is 19.8. The number of methoxy groups -OCH3 is 2. The number of ether oxygens (including phenoxy) is 2. The second kappa shape index (κ2) is 8.34. The van der Waals surface area contributed by atoms with E-state index in [4.69, 9.17) is 9.47 Å². The smallest absolute Gasteiger partial charge is 0.410 e. The van der Waals surface area contributed by atoms with Crippen LogP contribution in [-0.2, 0) is 21.2 Å². The summed E-state index contributed by atoms with van der Waals surface area (Å²) >= 11 is 0. The number of piperidine rings is 1. The van der Waals surface area contributed by atoms with E-state index in [0.717, 1.165) is 42.3 Å². The van der Waals surface area contributed by atoms with Gasteiger partial charge in [-0.15, -0.1) is 0 Å². The number of hydrogen-bond donors (Lipinski definition) is 0. The van der Waals surface area contributed by atoms with Crippen molar-refractivity contribution < 1.29 is 22.7 Å². The Balaban J connectivity index is 1.78. The zero-order valence-corrected chi connectivity index (χ0v) is 20.6. The number of carbonyl (C=O) groups excluding carboxylic acids is 1. The molecule has 1 aromatic heterocycles. The maximum Gasteiger partial charge on any atom is 0.410 e. The van der Waals surface area contributed by atoms with E-state index in [1.807, 2.05) is 29.2 Å². The van der Waals surface area contributed by atoms with Gasteiger partial charge in [-0.25, -0.2) is 17.2 Å². The fourth-order valence-corrected chi connectivity index (χ4v) is 7.70. The number of fused-ring (bicyclic) bond motifs is 5. The van der Waals surface area contributed by atoms with Crippen molar-refractivity contribution in [3.05, 3.63) is 59.8 Å². The van der Waals surface area contributed by atoms with Crippen LogP contribution in [0.1, 0.15) is 49.9 Å². The average Bonchev–Trinajstić information content (AvgIpc) is 3.23. The molecule has 5 rings (SSSR count). The van der Waals surface area contributed by atoms with Gasteiger partial charge >= 0.3 is 6.09 Å². The summed E-state index contributed by atoms with van der Waals surface area (Å²) in [4.78, 5) is 14.9. The van der Waals surface area contributed by atoms with Crippen LogP contribution in [0.4, 0.5) is 4.79 Å². The van der Waals surface area contributed by atoms with Gasteiger partial charge in [0.2, 0.25) is 0 Å². The van der Waals surface area contributed by atoms with Gasteiger partial charge in [0.1, 0.15) is 5.75 Å². The quantitative estimate of drug-likeness (QED) is 0.515. The molecule has 2 aliphatic rings. The zero-order chi connectivity index (χ0) is 24.1. The number of hydrogen-bond acceptors (Lipinski definition) is 5. The van der Waals surface area contributed by atoms with Gasteiger partial charge in [-0.3, -0.25) is 0 Å². The van der Waals surface area contributed by atoms with E-state index in [-0.39, 0.29) is 22.4 Å². The van der Waals surface area contributed by atoms with Gasteiger partial charge in [0.05, 0.1) is 30.7 Å². The van der Waals surface area contributed by atoms with E-state index in [2.05, 4.69) is 6.92 Å². The number of benzene rings is 2. The summed E-state index contributed by atoms with van der Waals surface area (Å²) in [7, 11) is -0.909. The largest absolute Gasteiger partial charge is 0.497 e. The first-order valence-electron chi connectivity index (χ1n) is 11.7. The Labute approximate surface area is 200 Å². The van der Waals surface area contributed by atoms with Crippen LogP contribution < -0.4 is 4.74 Å². The second-order valence-electron chi connectivity index (χ2n) is 9.21. The summed E-state index contributed by atoms with van der Waals surface area (Å²) in [5.41, 5.74) is 2.26. The molecule has 1 fully saturated rings. The number of carbonyl (C=O) groups is 1. The third-order valence-corrected chi connectivity index (χ3v) is 9.54. The molecule has 7 nitrogen and oxygen atoms in total. The highest BCUT2D eigenvalue weighted by molar-refractivity contribution is 7.90. The molecule has 0 saturated carbocycles. The Morgan fingerprint density at radius 2 is 1.82 bits per heavy atom. The number of amides is 1. The molecule has 3 aromatic rings. The molecule has 0 unspecified atom stereocenters. The lowest BCUT2D eigenvalue weighted by Gasteiger charge is -2.52. The van der Waals surface area contributed by atoms with Crippen LogP contribution in [0, 0.1) is 5.41 Å². The summed E-state index contributed by atoms with van der Waals surface area (Å²) in [6.07, 6.45) is 3.94. The lowest BCUT2D eigenvalue weighted by molar-refractivity contribution is -0.00279. The molecule has 1 aliphatic carbocycles. The lowest BCUT2D eigenvalue weighted by atomic mass is 9.62. The van der Waals surface area contributed by atoms with Crippen LogP contribution in [-0.4, -0.2) is 44.1 Å². The van der Waals surface area contributed by atoms with E-state index in [1.54, 1.807) is 31.4 Å². The highest BCUT2D eigenvalue weighted by Gasteiger charge is 2.51. The third-order valence-electron chi connectivity index (χ3n) is 7.78. The van der Waals surface area contributed by atoms with Crippen molar-refractivity contribution in [2.45, 2.75) is 50.0 Å². The van der Waals surface area contributed by atoms with Crippen LogP contribution in [0.3, 0.4) is 0 Å². The SMILES string of the molecule is CC[C@]12CCCN(C(=O)OC)[C@@H]1c1c(n(S(=O)(=O)c3ccc(OC)cc3)c3ccccc13)CC2. The van der Waals surface area contributed by atoms with E-state index < -0.39 is 10.0 Å². The fourth-order valence-electron chi connectivity index (χ4n) is 6.11. The molecule has 2 atom stereocenters. The predicted molar refractivity (Wildman–Crippen MR) is 130 cm³/mol. The molecule has 2 aromatic carbocycles. The van der Waals surface area contributed by atoms with Crippen LogP contribution >= 0.6 is 0 Å². The van der Waals surface area contributed by atoms with Crippen LogP contribution in [0.2, 0.25) is 0 Å². The molecule has 34 heavy (non-hydrogen) atoms. The summed E-state index contributed by atoms with van der Waals surface area (Å²) < 4.78 is 39.8. The molecule has 1 aliphatic heterocycles. The first kappa shape index (κ1) is 22.8. The molecule has 0 N–H and O–H groups in total. The van der Waals surface area contributed by atoms with Crippen molar-refractivity contribution in [2.24, 2.45) is 5.41 Å². The topological polar surface area (TPSA) is 77.8 Å². The Hall–Kier alpha value is -3.00. The molecule has 8 heteroatoms. The molecule has 0 spiro atoms. The van der Waals surface area contributed by atoms with Gasteiger partial charge in [0, 0.05) is 23.2 Å². The molecule has 0 radical (unpaired) electrons. The van der Waals surface area contributed by atoms with E-state index in [0.29, 0.717) is 24.2 Å². The number of rotatable bonds is 4. The van der Waals surface area contributed by atoms with Crippen molar-refractivity contribution in [1.82, 2.24) is 8.87 Å². The first-order valence-corrected chi connectivity index (χ1v) is 13.2. The second-order valence-corrected chi connectivity index (χ2v) is 11.0. The van der Waals surface area contributed by atoms with Crippen molar-refractivity contribution in [2.75, 3.05) is 20.8 Å². The minimum Gasteiger partial charge on any atom is -0.497 e. The Kier molecular flexibility index (Phi) is 5.59. The van der Waals surface area contributed by atoms with Crippen molar-refractivity contribution in [3.8, 4) is 5.75 Å². The minimum absolute atomic E-state index is 0.0989.